The summed E-state index contributed by atoms with van der Waals surface area (Å²) in [5.41, 5.74) is 0.588. The molecule has 1 N–H and O–H groups in total. The number of aliphatic hydroxyl groups is 1. The Bertz CT molecular complexity index is 616. The summed E-state index contributed by atoms with van der Waals surface area (Å²) in [5, 5.41) is 14.3. The molecule has 0 amide bonds. The van der Waals surface area contributed by atoms with E-state index in [1.54, 1.807) is 19.1 Å². The van der Waals surface area contributed by atoms with Crippen LogP contribution in [0, 0.1) is 12.7 Å². The normalized spacial score (nSPS) is 20.8. The van der Waals surface area contributed by atoms with E-state index >= 15 is 0 Å². The monoisotopic (exact) mass is 291 g/mol. The van der Waals surface area contributed by atoms with Gasteiger partial charge in [-0.25, -0.2) is 4.39 Å². The predicted octanol–water partition coefficient (Wildman–Crippen LogP) is 2.39. The maximum absolute atomic E-state index is 13.2. The van der Waals surface area contributed by atoms with Crippen molar-refractivity contribution in [2.45, 2.75) is 31.9 Å². The van der Waals surface area contributed by atoms with Gasteiger partial charge < -0.3 is 9.63 Å². The molecular weight excluding hydrogens is 273 g/mol. The lowest BCUT2D eigenvalue weighted by molar-refractivity contribution is 0.103. The Hall–Kier alpha value is -1.79. The molecule has 0 saturated carbocycles. The van der Waals surface area contributed by atoms with E-state index < -0.39 is 6.10 Å². The van der Waals surface area contributed by atoms with E-state index in [1.165, 1.54) is 12.1 Å². The molecule has 0 aliphatic carbocycles. The minimum atomic E-state index is -0.728. The molecule has 6 heteroatoms. The first-order valence-corrected chi connectivity index (χ1v) is 7.11. The standard InChI is InChI=1S/C15H18FN3O2/c1-10-17-15(18-21-10)13-6-3-7-19(13)9-14(20)11-4-2-5-12(16)8-11/h2,4-5,8,13-14,20H,3,6-7,9H2,1H3/t13-,14-/m0/s1. The highest BCUT2D eigenvalue weighted by Crippen LogP contribution is 2.31. The van der Waals surface area contributed by atoms with Gasteiger partial charge in [0.15, 0.2) is 5.82 Å². The molecule has 5 nitrogen and oxygen atoms in total. The van der Waals surface area contributed by atoms with Crippen LogP contribution in [-0.2, 0) is 0 Å². The molecule has 0 spiro atoms. The summed E-state index contributed by atoms with van der Waals surface area (Å²) in [5.74, 6) is 0.872. The summed E-state index contributed by atoms with van der Waals surface area (Å²) in [4.78, 5) is 6.40. The molecule has 112 valence electrons. The molecule has 0 bridgehead atoms. The van der Waals surface area contributed by atoms with E-state index in [0.29, 0.717) is 23.8 Å². The molecule has 1 aromatic heterocycles. The highest BCUT2D eigenvalue weighted by atomic mass is 19.1. The minimum Gasteiger partial charge on any atom is -0.387 e. The Morgan fingerprint density at radius 2 is 2.38 bits per heavy atom. The van der Waals surface area contributed by atoms with E-state index in [2.05, 4.69) is 15.0 Å². The van der Waals surface area contributed by atoms with Gasteiger partial charge in [0.25, 0.3) is 0 Å². The van der Waals surface area contributed by atoms with Gasteiger partial charge in [0.1, 0.15) is 5.82 Å². The van der Waals surface area contributed by atoms with Gasteiger partial charge in [0, 0.05) is 13.5 Å². The maximum atomic E-state index is 13.2. The van der Waals surface area contributed by atoms with Crippen molar-refractivity contribution in [2.24, 2.45) is 0 Å². The van der Waals surface area contributed by atoms with Crippen molar-refractivity contribution in [3.63, 3.8) is 0 Å². The van der Waals surface area contributed by atoms with Crippen LogP contribution in [0.5, 0.6) is 0 Å². The zero-order chi connectivity index (χ0) is 14.8. The third-order valence-corrected chi connectivity index (χ3v) is 3.85. The average Bonchev–Trinajstić information content (AvgIpc) is 3.07. The number of halogens is 1. The third-order valence-electron chi connectivity index (χ3n) is 3.85. The van der Waals surface area contributed by atoms with Crippen molar-refractivity contribution < 1.29 is 14.0 Å². The Kier molecular flexibility index (Phi) is 3.98. The molecule has 0 radical (unpaired) electrons. The Morgan fingerprint density at radius 3 is 3.10 bits per heavy atom. The van der Waals surface area contributed by atoms with E-state index in [0.717, 1.165) is 19.4 Å². The van der Waals surface area contributed by atoms with Gasteiger partial charge in [0.2, 0.25) is 5.89 Å². The Labute approximate surface area is 122 Å². The van der Waals surface area contributed by atoms with Crippen molar-refractivity contribution in [3.8, 4) is 0 Å². The van der Waals surface area contributed by atoms with Crippen LogP contribution < -0.4 is 0 Å². The van der Waals surface area contributed by atoms with Gasteiger partial charge in [-0.05, 0) is 37.1 Å². The number of aliphatic hydroxyl groups excluding tert-OH is 1. The summed E-state index contributed by atoms with van der Waals surface area (Å²) >= 11 is 0. The number of benzene rings is 1. The molecule has 3 rings (SSSR count). The number of rotatable bonds is 4. The second-order valence-electron chi connectivity index (χ2n) is 5.40. The fourth-order valence-electron chi connectivity index (χ4n) is 2.83. The molecule has 1 aromatic carbocycles. The minimum absolute atomic E-state index is 0.0608. The first-order chi connectivity index (χ1) is 10.1. The number of hydrogen-bond donors (Lipinski definition) is 1. The highest BCUT2D eigenvalue weighted by molar-refractivity contribution is 5.19. The van der Waals surface area contributed by atoms with Crippen LogP contribution in [0.25, 0.3) is 0 Å². The number of aryl methyl sites for hydroxylation is 1. The number of aromatic nitrogens is 2. The molecular formula is C15H18FN3O2. The lowest BCUT2D eigenvalue weighted by Gasteiger charge is -2.24. The Balaban J connectivity index is 1.71. The van der Waals surface area contributed by atoms with Crippen LogP contribution in [-0.4, -0.2) is 33.2 Å². The summed E-state index contributed by atoms with van der Waals surface area (Å²) in [7, 11) is 0. The summed E-state index contributed by atoms with van der Waals surface area (Å²) in [6, 6.07) is 6.14. The molecule has 1 fully saturated rings. The molecule has 1 aliphatic rings. The molecule has 1 aliphatic heterocycles. The number of β-amino-alcohol motifs (C(OH)–C–C–N with tert-alkyl or cyclic N) is 1. The smallest absolute Gasteiger partial charge is 0.223 e. The van der Waals surface area contributed by atoms with Gasteiger partial charge in [-0.3, -0.25) is 4.90 Å². The van der Waals surface area contributed by atoms with Crippen molar-refractivity contribution in [2.75, 3.05) is 13.1 Å². The van der Waals surface area contributed by atoms with Gasteiger partial charge in [-0.2, -0.15) is 4.98 Å². The SMILES string of the molecule is Cc1nc([C@@H]2CCCN2C[C@H](O)c2cccc(F)c2)no1. The van der Waals surface area contributed by atoms with E-state index in [1.807, 2.05) is 0 Å². The zero-order valence-electron chi connectivity index (χ0n) is 11.9. The molecule has 1 saturated heterocycles. The third kappa shape index (κ3) is 3.11. The van der Waals surface area contributed by atoms with Crippen LogP contribution in [0.1, 0.15) is 42.3 Å². The van der Waals surface area contributed by atoms with Crippen LogP contribution in [0.15, 0.2) is 28.8 Å². The first kappa shape index (κ1) is 14.2. The lowest BCUT2D eigenvalue weighted by Crippen LogP contribution is -2.29. The van der Waals surface area contributed by atoms with Crippen LogP contribution >= 0.6 is 0 Å². The number of nitrogens with zero attached hydrogens (tertiary/aromatic N) is 3. The maximum Gasteiger partial charge on any atom is 0.223 e. The second-order valence-corrected chi connectivity index (χ2v) is 5.40. The molecule has 2 heterocycles. The molecule has 21 heavy (non-hydrogen) atoms. The summed E-state index contributed by atoms with van der Waals surface area (Å²) in [6.07, 6.45) is 1.23. The zero-order valence-corrected chi connectivity index (χ0v) is 11.9. The van der Waals surface area contributed by atoms with E-state index in [4.69, 9.17) is 4.52 Å². The van der Waals surface area contributed by atoms with Crippen molar-refractivity contribution in [3.05, 3.63) is 47.4 Å². The lowest BCUT2D eigenvalue weighted by atomic mass is 10.1. The summed E-state index contributed by atoms with van der Waals surface area (Å²) < 4.78 is 18.3. The van der Waals surface area contributed by atoms with Crippen molar-refractivity contribution >= 4 is 0 Å². The molecule has 0 unspecified atom stereocenters. The van der Waals surface area contributed by atoms with E-state index in [-0.39, 0.29) is 11.9 Å². The van der Waals surface area contributed by atoms with E-state index in [9.17, 15) is 9.50 Å². The predicted molar refractivity (Wildman–Crippen MR) is 73.9 cm³/mol. The van der Waals surface area contributed by atoms with Gasteiger partial charge in [-0.1, -0.05) is 17.3 Å². The molecule has 2 aromatic rings. The topological polar surface area (TPSA) is 62.4 Å². The van der Waals surface area contributed by atoms with Crippen molar-refractivity contribution in [1.82, 2.24) is 15.0 Å². The Morgan fingerprint density at radius 1 is 1.52 bits per heavy atom. The number of hydrogen-bond acceptors (Lipinski definition) is 5. The summed E-state index contributed by atoms with van der Waals surface area (Å²) in [6.45, 7) is 3.06. The quantitative estimate of drug-likeness (QED) is 0.937. The second kappa shape index (κ2) is 5.91. The van der Waals surface area contributed by atoms with Gasteiger partial charge >= 0.3 is 0 Å². The fraction of sp³-hybridized carbons (Fsp3) is 0.467. The van der Waals surface area contributed by atoms with Gasteiger partial charge in [-0.15, -0.1) is 0 Å². The van der Waals surface area contributed by atoms with Gasteiger partial charge in [0.05, 0.1) is 12.1 Å². The largest absolute Gasteiger partial charge is 0.387 e. The van der Waals surface area contributed by atoms with Crippen LogP contribution in [0.4, 0.5) is 4.39 Å². The fourth-order valence-corrected chi connectivity index (χ4v) is 2.83. The molecule has 2 atom stereocenters. The highest BCUT2D eigenvalue weighted by Gasteiger charge is 2.31. The van der Waals surface area contributed by atoms with Crippen molar-refractivity contribution in [1.29, 1.82) is 0 Å². The first-order valence-electron chi connectivity index (χ1n) is 7.11. The number of likely N-dealkylation sites (tertiary alicyclic amines) is 1. The van der Waals surface area contributed by atoms with Crippen LogP contribution in [0.2, 0.25) is 0 Å². The van der Waals surface area contributed by atoms with Crippen LogP contribution in [0.3, 0.4) is 0 Å². The average molecular weight is 291 g/mol.